The molecule has 1 rings (SSSR count). The molecule has 0 aromatic heterocycles. The van der Waals surface area contributed by atoms with Gasteiger partial charge in [-0.3, -0.25) is 0 Å². The molecule has 72 valence electrons. The van der Waals surface area contributed by atoms with Gasteiger partial charge in [-0.1, -0.05) is 39.0 Å². The summed E-state index contributed by atoms with van der Waals surface area (Å²) in [6, 6.07) is 8.11. The molecule has 0 unspecified atom stereocenters. The molecule has 1 nitrogen and oxygen atoms in total. The summed E-state index contributed by atoms with van der Waals surface area (Å²) in [6.45, 7) is 9.34. The molecule has 1 aromatic carbocycles. The van der Waals surface area contributed by atoms with Gasteiger partial charge in [0.25, 0.3) is 0 Å². The molecule has 1 heteroatoms. The van der Waals surface area contributed by atoms with Crippen molar-refractivity contribution in [3.8, 4) is 5.75 Å². The molecule has 0 fully saturated rings. The Labute approximate surface area is 80.7 Å². The molecule has 0 heterocycles. The van der Waals surface area contributed by atoms with Gasteiger partial charge < -0.3 is 4.74 Å². The van der Waals surface area contributed by atoms with Gasteiger partial charge in [-0.2, -0.15) is 0 Å². The van der Waals surface area contributed by atoms with Crippen LogP contribution in [0.5, 0.6) is 5.75 Å². The van der Waals surface area contributed by atoms with Crippen LogP contribution in [-0.2, 0) is 0 Å². The van der Waals surface area contributed by atoms with E-state index < -0.39 is 0 Å². The van der Waals surface area contributed by atoms with Crippen LogP contribution in [0.15, 0.2) is 24.3 Å². The Morgan fingerprint density at radius 3 is 2.31 bits per heavy atom. The first-order valence-corrected chi connectivity index (χ1v) is 4.67. The maximum absolute atomic E-state index is 5.70. The van der Waals surface area contributed by atoms with Crippen molar-refractivity contribution in [3.63, 3.8) is 0 Å². The van der Waals surface area contributed by atoms with Gasteiger partial charge in [0.15, 0.2) is 0 Å². The number of hydrogen-bond acceptors (Lipinski definition) is 1. The Bertz CT molecular complexity index is 271. The summed E-state index contributed by atoms with van der Waals surface area (Å²) in [5.41, 5.74) is 1.43. The molecule has 0 spiro atoms. The minimum absolute atomic E-state index is 0.224. The zero-order chi connectivity index (χ0) is 9.90. The lowest BCUT2D eigenvalue weighted by molar-refractivity contribution is 0.197. The van der Waals surface area contributed by atoms with Crippen LogP contribution in [0.4, 0.5) is 0 Å². The van der Waals surface area contributed by atoms with Gasteiger partial charge in [-0.05, 0) is 24.0 Å². The molecule has 0 amide bonds. The second-order valence-electron chi connectivity index (χ2n) is 4.61. The Morgan fingerprint density at radius 2 is 1.77 bits per heavy atom. The van der Waals surface area contributed by atoms with Crippen LogP contribution >= 0.6 is 0 Å². The number of benzene rings is 1. The third-order valence-electron chi connectivity index (χ3n) is 1.75. The number of aryl methyl sites for hydroxylation is 1. The van der Waals surface area contributed by atoms with Crippen molar-refractivity contribution in [2.45, 2.75) is 27.7 Å². The molecule has 13 heavy (non-hydrogen) atoms. The van der Waals surface area contributed by atoms with Crippen molar-refractivity contribution in [2.75, 3.05) is 6.61 Å². The maximum Gasteiger partial charge on any atom is 0.122 e. The van der Waals surface area contributed by atoms with E-state index in [2.05, 4.69) is 33.8 Å². The third kappa shape index (κ3) is 3.49. The quantitative estimate of drug-likeness (QED) is 0.674. The van der Waals surface area contributed by atoms with E-state index in [9.17, 15) is 0 Å². The predicted molar refractivity (Wildman–Crippen MR) is 56.1 cm³/mol. The lowest BCUT2D eigenvalue weighted by Gasteiger charge is -2.19. The van der Waals surface area contributed by atoms with Crippen molar-refractivity contribution < 1.29 is 4.74 Å². The Morgan fingerprint density at radius 1 is 1.15 bits per heavy atom. The molecule has 0 bridgehead atoms. The van der Waals surface area contributed by atoms with Gasteiger partial charge in [-0.15, -0.1) is 0 Å². The summed E-state index contributed by atoms with van der Waals surface area (Å²) in [7, 11) is 0. The number of hydrogen-bond donors (Lipinski definition) is 0. The average molecular weight is 178 g/mol. The van der Waals surface area contributed by atoms with E-state index in [1.165, 1.54) is 5.56 Å². The zero-order valence-corrected chi connectivity index (χ0v) is 8.92. The highest BCUT2D eigenvalue weighted by Crippen LogP contribution is 2.20. The van der Waals surface area contributed by atoms with Gasteiger partial charge >= 0.3 is 0 Å². The maximum atomic E-state index is 5.70. The third-order valence-corrected chi connectivity index (χ3v) is 1.75. The normalized spacial score (nSPS) is 11.4. The molecular weight excluding hydrogens is 160 g/mol. The molecule has 0 atom stereocenters. The summed E-state index contributed by atoms with van der Waals surface area (Å²) < 4.78 is 5.70. The predicted octanol–water partition coefficient (Wildman–Crippen LogP) is 3.42. The lowest BCUT2D eigenvalue weighted by Crippen LogP contribution is -2.17. The summed E-state index contributed by atoms with van der Waals surface area (Å²) in [5, 5.41) is 0. The molecule has 0 N–H and O–H groups in total. The molecule has 1 aromatic rings. The lowest BCUT2D eigenvalue weighted by atomic mass is 9.99. The van der Waals surface area contributed by atoms with Gasteiger partial charge in [0.05, 0.1) is 6.61 Å². The number of rotatable bonds is 2. The SMILES string of the molecule is Cc1ccccc1OCC(C)(C)C. The van der Waals surface area contributed by atoms with Crippen LogP contribution in [0.25, 0.3) is 0 Å². The number of para-hydroxylation sites is 1. The molecule has 0 aliphatic carbocycles. The van der Waals surface area contributed by atoms with Crippen LogP contribution in [0.2, 0.25) is 0 Å². The highest BCUT2D eigenvalue weighted by Gasteiger charge is 2.11. The summed E-state index contributed by atoms with van der Waals surface area (Å²) in [6.07, 6.45) is 0. The summed E-state index contributed by atoms with van der Waals surface area (Å²) >= 11 is 0. The zero-order valence-electron chi connectivity index (χ0n) is 8.92. The van der Waals surface area contributed by atoms with Gasteiger partial charge in [0, 0.05) is 0 Å². The van der Waals surface area contributed by atoms with Crippen LogP contribution in [0, 0.1) is 12.3 Å². The topological polar surface area (TPSA) is 9.23 Å². The van der Waals surface area contributed by atoms with E-state index in [0.29, 0.717) is 0 Å². The minimum atomic E-state index is 0.224. The van der Waals surface area contributed by atoms with Crippen molar-refractivity contribution >= 4 is 0 Å². The molecular formula is C12H18O. The fourth-order valence-electron chi connectivity index (χ4n) is 1.01. The van der Waals surface area contributed by atoms with Crippen molar-refractivity contribution in [3.05, 3.63) is 29.8 Å². The van der Waals surface area contributed by atoms with Crippen molar-refractivity contribution in [2.24, 2.45) is 5.41 Å². The first-order chi connectivity index (χ1) is 5.99. The highest BCUT2D eigenvalue weighted by molar-refractivity contribution is 5.31. The van der Waals surface area contributed by atoms with Gasteiger partial charge in [0.1, 0.15) is 5.75 Å². The first kappa shape index (κ1) is 10.1. The molecule has 0 aliphatic rings. The molecule has 0 aliphatic heterocycles. The average Bonchev–Trinajstić information content (AvgIpc) is 2.01. The fraction of sp³-hybridized carbons (Fsp3) is 0.500. The van der Waals surface area contributed by atoms with Crippen LogP contribution in [-0.4, -0.2) is 6.61 Å². The van der Waals surface area contributed by atoms with Crippen molar-refractivity contribution in [1.82, 2.24) is 0 Å². The molecule has 0 saturated carbocycles. The number of ether oxygens (including phenoxy) is 1. The summed E-state index contributed by atoms with van der Waals surface area (Å²) in [5.74, 6) is 0.998. The van der Waals surface area contributed by atoms with E-state index in [1.807, 2.05) is 18.2 Å². The van der Waals surface area contributed by atoms with Crippen LogP contribution < -0.4 is 4.74 Å². The second kappa shape index (κ2) is 3.82. The van der Waals surface area contributed by atoms with Gasteiger partial charge in [0.2, 0.25) is 0 Å². The second-order valence-corrected chi connectivity index (χ2v) is 4.61. The molecule has 0 radical (unpaired) electrons. The van der Waals surface area contributed by atoms with Crippen LogP contribution in [0.3, 0.4) is 0 Å². The summed E-state index contributed by atoms with van der Waals surface area (Å²) in [4.78, 5) is 0. The monoisotopic (exact) mass is 178 g/mol. The van der Waals surface area contributed by atoms with Crippen molar-refractivity contribution in [1.29, 1.82) is 0 Å². The smallest absolute Gasteiger partial charge is 0.122 e. The minimum Gasteiger partial charge on any atom is -0.493 e. The highest BCUT2D eigenvalue weighted by atomic mass is 16.5. The fourth-order valence-corrected chi connectivity index (χ4v) is 1.01. The van der Waals surface area contributed by atoms with E-state index in [4.69, 9.17) is 4.74 Å². The van der Waals surface area contributed by atoms with E-state index in [0.717, 1.165) is 12.4 Å². The Balaban J connectivity index is 2.60. The van der Waals surface area contributed by atoms with E-state index in [-0.39, 0.29) is 5.41 Å². The van der Waals surface area contributed by atoms with E-state index >= 15 is 0 Å². The Kier molecular flexibility index (Phi) is 2.97. The first-order valence-electron chi connectivity index (χ1n) is 4.67. The molecule has 0 saturated heterocycles. The standard InChI is InChI=1S/C12H18O/c1-10-7-5-6-8-11(10)13-9-12(2,3)4/h5-8H,9H2,1-4H3. The largest absolute Gasteiger partial charge is 0.493 e. The van der Waals surface area contributed by atoms with E-state index in [1.54, 1.807) is 0 Å². The van der Waals surface area contributed by atoms with Crippen LogP contribution in [0.1, 0.15) is 26.3 Å². The Hall–Kier alpha value is -0.980. The van der Waals surface area contributed by atoms with Gasteiger partial charge in [-0.25, -0.2) is 0 Å².